The number of hydrogen-bond acceptors (Lipinski definition) is 5. The summed E-state index contributed by atoms with van der Waals surface area (Å²) in [4.78, 5) is 34.9. The topological polar surface area (TPSA) is 53.5 Å². The minimum atomic E-state index is -0.364. The van der Waals surface area contributed by atoms with E-state index >= 15 is 0 Å². The first kappa shape index (κ1) is 19.5. The molecular formula is C21H25N3O2S2. The highest BCUT2D eigenvalue weighted by molar-refractivity contribution is 7.99. The van der Waals surface area contributed by atoms with Crippen LogP contribution in [-0.4, -0.2) is 57.4 Å². The van der Waals surface area contributed by atoms with Crippen LogP contribution in [0.25, 0.3) is 10.6 Å². The number of benzene rings is 1. The fourth-order valence-electron chi connectivity index (χ4n) is 3.46. The summed E-state index contributed by atoms with van der Waals surface area (Å²) >= 11 is 3.07. The summed E-state index contributed by atoms with van der Waals surface area (Å²) in [6.45, 7) is 4.01. The molecule has 0 bridgehead atoms. The normalized spacial score (nSPS) is 19.1. The van der Waals surface area contributed by atoms with Crippen LogP contribution in [0, 0.1) is 6.92 Å². The molecule has 1 aromatic heterocycles. The van der Waals surface area contributed by atoms with Gasteiger partial charge in [-0.1, -0.05) is 31.2 Å². The number of nitrogens with zero attached hydrogens (tertiary/aromatic N) is 3. The Labute approximate surface area is 174 Å². The van der Waals surface area contributed by atoms with Crippen molar-refractivity contribution in [3.63, 3.8) is 0 Å². The summed E-state index contributed by atoms with van der Waals surface area (Å²) in [5.74, 6) is 1.23. The van der Waals surface area contributed by atoms with Gasteiger partial charge in [-0.3, -0.25) is 9.59 Å². The smallest absolute Gasteiger partial charge is 0.267 e. The highest BCUT2D eigenvalue weighted by atomic mass is 32.2. The van der Waals surface area contributed by atoms with E-state index in [4.69, 9.17) is 0 Å². The molecule has 2 heterocycles. The van der Waals surface area contributed by atoms with Gasteiger partial charge in [0.2, 0.25) is 5.91 Å². The molecule has 2 aromatic rings. The molecule has 0 spiro atoms. The van der Waals surface area contributed by atoms with Crippen molar-refractivity contribution < 1.29 is 9.59 Å². The van der Waals surface area contributed by atoms with Crippen LogP contribution in [0.15, 0.2) is 24.3 Å². The number of rotatable bonds is 5. The van der Waals surface area contributed by atoms with Gasteiger partial charge in [-0.15, -0.1) is 23.1 Å². The lowest BCUT2D eigenvalue weighted by Crippen LogP contribution is -2.48. The van der Waals surface area contributed by atoms with Gasteiger partial charge in [0.25, 0.3) is 5.91 Å². The van der Waals surface area contributed by atoms with Crippen LogP contribution in [0.5, 0.6) is 0 Å². The summed E-state index contributed by atoms with van der Waals surface area (Å²) in [7, 11) is 1.86. The molecule has 1 aliphatic carbocycles. The highest BCUT2D eigenvalue weighted by Crippen LogP contribution is 2.33. The first-order chi connectivity index (χ1) is 13.5. The monoisotopic (exact) mass is 415 g/mol. The number of thiazole rings is 1. The Bertz CT molecular complexity index is 890. The minimum Gasteiger partial charge on any atom is -0.341 e. The van der Waals surface area contributed by atoms with Crippen LogP contribution >= 0.6 is 23.1 Å². The lowest BCUT2D eigenvalue weighted by Gasteiger charge is -2.27. The van der Waals surface area contributed by atoms with Gasteiger partial charge in [-0.2, -0.15) is 0 Å². The van der Waals surface area contributed by atoms with Gasteiger partial charge in [0.15, 0.2) is 0 Å². The molecule has 1 aliphatic heterocycles. The molecule has 148 valence electrons. The van der Waals surface area contributed by atoms with Crippen molar-refractivity contribution in [2.75, 3.05) is 18.7 Å². The third kappa shape index (κ3) is 3.70. The van der Waals surface area contributed by atoms with Crippen molar-refractivity contribution in [2.45, 2.75) is 45.2 Å². The molecule has 1 unspecified atom stereocenters. The zero-order valence-corrected chi connectivity index (χ0v) is 18.1. The second-order valence-electron chi connectivity index (χ2n) is 7.45. The molecule has 1 atom stereocenters. The third-order valence-electron chi connectivity index (χ3n) is 5.47. The Kier molecular flexibility index (Phi) is 5.47. The number of aryl methyl sites for hydroxylation is 2. The van der Waals surface area contributed by atoms with Gasteiger partial charge < -0.3 is 9.80 Å². The molecule has 28 heavy (non-hydrogen) atoms. The Morgan fingerprint density at radius 3 is 2.61 bits per heavy atom. The molecule has 4 rings (SSSR count). The van der Waals surface area contributed by atoms with Crippen LogP contribution < -0.4 is 0 Å². The molecule has 2 fully saturated rings. The molecular weight excluding hydrogens is 390 g/mol. The number of likely N-dealkylation sites (N-methyl/N-ethyl adjacent to an activating group) is 1. The van der Waals surface area contributed by atoms with E-state index in [9.17, 15) is 9.59 Å². The molecule has 1 aromatic carbocycles. The Balaban J connectivity index is 1.55. The summed E-state index contributed by atoms with van der Waals surface area (Å²) in [6, 6.07) is 8.33. The lowest BCUT2D eigenvalue weighted by molar-refractivity contribution is -0.134. The van der Waals surface area contributed by atoms with Crippen molar-refractivity contribution in [2.24, 2.45) is 0 Å². The third-order valence-corrected chi connectivity index (χ3v) is 7.68. The van der Waals surface area contributed by atoms with E-state index < -0.39 is 0 Å². The second kappa shape index (κ2) is 7.87. The number of thioether (sulfide) groups is 1. The number of aromatic nitrogens is 1. The fourth-order valence-corrected chi connectivity index (χ4v) is 5.63. The maximum absolute atomic E-state index is 13.2. The van der Waals surface area contributed by atoms with E-state index in [1.165, 1.54) is 16.9 Å². The van der Waals surface area contributed by atoms with Gasteiger partial charge in [0.05, 0.1) is 11.6 Å². The quantitative estimate of drug-likeness (QED) is 0.745. The first-order valence-electron chi connectivity index (χ1n) is 9.71. The van der Waals surface area contributed by atoms with Crippen LogP contribution in [0.4, 0.5) is 0 Å². The zero-order valence-electron chi connectivity index (χ0n) is 16.5. The average Bonchev–Trinajstić information content (AvgIpc) is 3.32. The number of carbonyl (C=O) groups is 2. The van der Waals surface area contributed by atoms with E-state index in [-0.39, 0.29) is 17.9 Å². The van der Waals surface area contributed by atoms with Crippen molar-refractivity contribution >= 4 is 34.9 Å². The van der Waals surface area contributed by atoms with Gasteiger partial charge in [-0.05, 0) is 31.7 Å². The first-order valence-corrected chi connectivity index (χ1v) is 11.7. The molecule has 1 saturated carbocycles. The molecule has 5 nitrogen and oxygen atoms in total. The molecule has 7 heteroatoms. The van der Waals surface area contributed by atoms with E-state index in [1.807, 2.05) is 18.9 Å². The number of amides is 2. The summed E-state index contributed by atoms with van der Waals surface area (Å²) in [5, 5.41) is 0.855. The number of carbonyl (C=O) groups excluding carboxylic acids is 2. The Morgan fingerprint density at radius 2 is 1.96 bits per heavy atom. The SMILES string of the molecule is CCc1ccc(-c2nc(C)c(C(=O)N3CSCC3C(=O)N(C)C3CC3)s2)cc1. The Morgan fingerprint density at radius 1 is 1.25 bits per heavy atom. The van der Waals surface area contributed by atoms with E-state index in [1.54, 1.807) is 16.7 Å². The fraction of sp³-hybridized carbons (Fsp3) is 0.476. The van der Waals surface area contributed by atoms with Crippen LogP contribution in [0.3, 0.4) is 0 Å². The lowest BCUT2D eigenvalue weighted by atomic mass is 10.1. The van der Waals surface area contributed by atoms with Gasteiger partial charge in [-0.25, -0.2) is 4.98 Å². The summed E-state index contributed by atoms with van der Waals surface area (Å²) < 4.78 is 0. The predicted molar refractivity (Wildman–Crippen MR) is 115 cm³/mol. The molecule has 0 radical (unpaired) electrons. The molecule has 0 N–H and O–H groups in total. The van der Waals surface area contributed by atoms with Crippen molar-refractivity contribution in [1.82, 2.24) is 14.8 Å². The average molecular weight is 416 g/mol. The largest absolute Gasteiger partial charge is 0.341 e. The molecule has 2 aliphatic rings. The standard InChI is InChI=1S/C21H25N3O2S2/c1-4-14-5-7-15(8-6-14)19-22-13(2)18(28-19)21(26)24-12-27-11-17(24)20(25)23(3)16-9-10-16/h5-8,16-17H,4,9-12H2,1-3H3. The Hall–Kier alpha value is -1.86. The van der Waals surface area contributed by atoms with Gasteiger partial charge in [0.1, 0.15) is 15.9 Å². The minimum absolute atomic E-state index is 0.0680. The predicted octanol–water partition coefficient (Wildman–Crippen LogP) is 3.82. The maximum atomic E-state index is 13.2. The van der Waals surface area contributed by atoms with E-state index in [2.05, 4.69) is 36.2 Å². The molecule has 1 saturated heterocycles. The van der Waals surface area contributed by atoms with Gasteiger partial charge >= 0.3 is 0 Å². The van der Waals surface area contributed by atoms with Gasteiger partial charge in [0, 0.05) is 24.4 Å². The van der Waals surface area contributed by atoms with Crippen LogP contribution in [0.1, 0.15) is 40.7 Å². The second-order valence-corrected chi connectivity index (χ2v) is 9.45. The summed E-state index contributed by atoms with van der Waals surface area (Å²) in [6.07, 6.45) is 3.15. The van der Waals surface area contributed by atoms with Crippen LogP contribution in [0.2, 0.25) is 0 Å². The highest BCUT2D eigenvalue weighted by Gasteiger charge is 2.41. The van der Waals surface area contributed by atoms with E-state index in [0.29, 0.717) is 22.5 Å². The summed E-state index contributed by atoms with van der Waals surface area (Å²) in [5.41, 5.74) is 3.05. The molecule has 2 amide bonds. The maximum Gasteiger partial charge on any atom is 0.267 e. The van der Waals surface area contributed by atoms with Crippen molar-refractivity contribution in [1.29, 1.82) is 0 Å². The van der Waals surface area contributed by atoms with Crippen molar-refractivity contribution in [3.8, 4) is 10.6 Å². The number of hydrogen-bond donors (Lipinski definition) is 0. The van der Waals surface area contributed by atoms with E-state index in [0.717, 1.165) is 35.5 Å². The zero-order chi connectivity index (χ0) is 19.8. The van der Waals surface area contributed by atoms with Crippen LogP contribution in [-0.2, 0) is 11.2 Å². The van der Waals surface area contributed by atoms with Crippen molar-refractivity contribution in [3.05, 3.63) is 40.4 Å².